The third kappa shape index (κ3) is 5.51. The summed E-state index contributed by atoms with van der Waals surface area (Å²) in [5.74, 6) is -0.659. The smallest absolute Gasteiger partial charge is 0.275 e. The third-order valence-electron chi connectivity index (χ3n) is 3.69. The van der Waals surface area contributed by atoms with Gasteiger partial charge in [0.25, 0.3) is 5.91 Å². The van der Waals surface area contributed by atoms with Gasteiger partial charge in [-0.3, -0.25) is 4.79 Å². The first kappa shape index (κ1) is 21.2. The SMILES string of the molecule is NS(=O)(=O)c1ccc(NC(=O)c2nc(SCc3ccccc3F)ncc2Cl)cc1. The summed E-state index contributed by atoms with van der Waals surface area (Å²) < 4.78 is 36.3. The Morgan fingerprint density at radius 2 is 1.86 bits per heavy atom. The van der Waals surface area contributed by atoms with Gasteiger partial charge in [0.15, 0.2) is 10.9 Å². The zero-order chi connectivity index (χ0) is 21.0. The molecule has 1 heterocycles. The summed E-state index contributed by atoms with van der Waals surface area (Å²) in [4.78, 5) is 20.6. The van der Waals surface area contributed by atoms with E-state index in [-0.39, 0.29) is 32.3 Å². The van der Waals surface area contributed by atoms with E-state index >= 15 is 0 Å². The van der Waals surface area contributed by atoms with Gasteiger partial charge < -0.3 is 5.32 Å². The minimum atomic E-state index is -3.83. The number of hydrogen-bond acceptors (Lipinski definition) is 6. The molecular weight excluding hydrogens is 439 g/mol. The molecule has 7 nitrogen and oxygen atoms in total. The van der Waals surface area contributed by atoms with Crippen molar-refractivity contribution in [3.05, 3.63) is 76.8 Å². The summed E-state index contributed by atoms with van der Waals surface area (Å²) in [6.07, 6.45) is 1.29. The molecule has 29 heavy (non-hydrogen) atoms. The van der Waals surface area contributed by atoms with Crippen LogP contribution in [0.1, 0.15) is 16.1 Å². The van der Waals surface area contributed by atoms with Gasteiger partial charge >= 0.3 is 0 Å². The largest absolute Gasteiger partial charge is 0.321 e. The van der Waals surface area contributed by atoms with Crippen molar-refractivity contribution >= 4 is 45.0 Å². The third-order valence-corrected chi connectivity index (χ3v) is 5.81. The van der Waals surface area contributed by atoms with E-state index in [0.717, 1.165) is 11.8 Å². The van der Waals surface area contributed by atoms with Crippen LogP contribution < -0.4 is 10.5 Å². The number of primary sulfonamides is 1. The van der Waals surface area contributed by atoms with Crippen molar-refractivity contribution in [3.63, 3.8) is 0 Å². The Kier molecular flexibility index (Phi) is 6.48. The summed E-state index contributed by atoms with van der Waals surface area (Å²) in [7, 11) is -3.83. The predicted octanol–water partition coefficient (Wildman–Crippen LogP) is 3.46. The average Bonchev–Trinajstić information content (AvgIpc) is 2.68. The predicted molar refractivity (Wildman–Crippen MR) is 109 cm³/mol. The van der Waals surface area contributed by atoms with E-state index in [2.05, 4.69) is 15.3 Å². The number of rotatable bonds is 6. The fraction of sp³-hybridized carbons (Fsp3) is 0.0556. The van der Waals surface area contributed by atoms with E-state index in [4.69, 9.17) is 16.7 Å². The normalized spacial score (nSPS) is 11.3. The minimum Gasteiger partial charge on any atom is -0.321 e. The quantitative estimate of drug-likeness (QED) is 0.437. The second kappa shape index (κ2) is 8.87. The van der Waals surface area contributed by atoms with Gasteiger partial charge in [-0.2, -0.15) is 0 Å². The number of carbonyl (C=O) groups is 1. The van der Waals surface area contributed by atoms with E-state index in [1.54, 1.807) is 18.2 Å². The number of thioether (sulfide) groups is 1. The van der Waals surface area contributed by atoms with Gasteiger partial charge in [-0.05, 0) is 35.9 Å². The molecule has 0 spiro atoms. The zero-order valence-electron chi connectivity index (χ0n) is 14.7. The summed E-state index contributed by atoms with van der Waals surface area (Å²) >= 11 is 7.19. The first-order valence-electron chi connectivity index (χ1n) is 8.07. The van der Waals surface area contributed by atoms with Gasteiger partial charge in [0.2, 0.25) is 10.0 Å². The highest BCUT2D eigenvalue weighted by atomic mass is 35.5. The highest BCUT2D eigenvalue weighted by Crippen LogP contribution is 2.24. The molecule has 0 radical (unpaired) electrons. The van der Waals surface area contributed by atoms with Gasteiger partial charge in [0.1, 0.15) is 5.82 Å². The molecule has 11 heteroatoms. The Labute approximate surface area is 175 Å². The molecule has 0 aliphatic rings. The van der Waals surface area contributed by atoms with Crippen molar-refractivity contribution in [2.75, 3.05) is 5.32 Å². The van der Waals surface area contributed by atoms with Crippen LogP contribution in [0.3, 0.4) is 0 Å². The highest BCUT2D eigenvalue weighted by molar-refractivity contribution is 7.98. The van der Waals surface area contributed by atoms with Crippen molar-refractivity contribution in [3.8, 4) is 0 Å². The van der Waals surface area contributed by atoms with Gasteiger partial charge in [-0.15, -0.1) is 0 Å². The van der Waals surface area contributed by atoms with Crippen LogP contribution in [0, 0.1) is 5.82 Å². The first-order chi connectivity index (χ1) is 13.7. The lowest BCUT2D eigenvalue weighted by atomic mass is 10.2. The molecule has 1 aromatic heterocycles. The van der Waals surface area contributed by atoms with E-state index in [9.17, 15) is 17.6 Å². The van der Waals surface area contributed by atoms with Crippen LogP contribution in [0.15, 0.2) is 64.8 Å². The summed E-state index contributed by atoms with van der Waals surface area (Å²) in [6.45, 7) is 0. The number of anilines is 1. The summed E-state index contributed by atoms with van der Waals surface area (Å²) in [5, 5.41) is 7.91. The topological polar surface area (TPSA) is 115 Å². The van der Waals surface area contributed by atoms with Crippen LogP contribution in [0.2, 0.25) is 5.02 Å². The fourth-order valence-corrected chi connectivity index (χ4v) is 3.75. The van der Waals surface area contributed by atoms with Crippen molar-refractivity contribution < 1.29 is 17.6 Å². The average molecular weight is 453 g/mol. The Hall–Kier alpha value is -2.53. The van der Waals surface area contributed by atoms with E-state index in [1.807, 2.05) is 0 Å². The molecule has 0 bridgehead atoms. The molecule has 0 saturated heterocycles. The molecule has 3 rings (SSSR count). The molecule has 3 N–H and O–H groups in total. The number of nitrogens with two attached hydrogens (primary N) is 1. The zero-order valence-corrected chi connectivity index (χ0v) is 17.1. The molecule has 0 saturated carbocycles. The van der Waals surface area contributed by atoms with Crippen molar-refractivity contribution in [2.24, 2.45) is 5.14 Å². The summed E-state index contributed by atoms with van der Waals surface area (Å²) in [5.41, 5.74) is 0.753. The maximum atomic E-state index is 13.7. The number of aromatic nitrogens is 2. The second-order valence-corrected chi connectivity index (χ2v) is 8.66. The number of benzene rings is 2. The molecular formula is C18H14ClFN4O3S2. The molecule has 0 aliphatic heterocycles. The van der Waals surface area contributed by atoms with Crippen LogP contribution in [-0.4, -0.2) is 24.3 Å². The lowest BCUT2D eigenvalue weighted by molar-refractivity contribution is 0.102. The van der Waals surface area contributed by atoms with E-state index in [0.29, 0.717) is 11.3 Å². The Morgan fingerprint density at radius 3 is 2.52 bits per heavy atom. The second-order valence-electron chi connectivity index (χ2n) is 5.75. The van der Waals surface area contributed by atoms with Gasteiger partial charge in [-0.1, -0.05) is 41.6 Å². The van der Waals surface area contributed by atoms with Crippen LogP contribution >= 0.6 is 23.4 Å². The number of hydrogen-bond donors (Lipinski definition) is 2. The number of nitrogens with one attached hydrogen (secondary N) is 1. The highest BCUT2D eigenvalue weighted by Gasteiger charge is 2.16. The molecule has 150 valence electrons. The van der Waals surface area contributed by atoms with Crippen LogP contribution in [-0.2, 0) is 15.8 Å². The Morgan fingerprint density at radius 1 is 1.17 bits per heavy atom. The fourth-order valence-electron chi connectivity index (χ4n) is 2.26. The number of carbonyl (C=O) groups excluding carboxylic acids is 1. The number of halogens is 2. The van der Waals surface area contributed by atoms with Gasteiger partial charge in [-0.25, -0.2) is 27.9 Å². The van der Waals surface area contributed by atoms with Crippen LogP contribution in [0.25, 0.3) is 0 Å². The lowest BCUT2D eigenvalue weighted by Crippen LogP contribution is -2.16. The molecule has 3 aromatic rings. The monoisotopic (exact) mass is 452 g/mol. The number of amides is 1. The van der Waals surface area contributed by atoms with Crippen molar-refractivity contribution in [1.82, 2.24) is 9.97 Å². The first-order valence-corrected chi connectivity index (χ1v) is 11.0. The van der Waals surface area contributed by atoms with E-state index in [1.165, 1.54) is 36.5 Å². The molecule has 0 aliphatic carbocycles. The maximum Gasteiger partial charge on any atom is 0.275 e. The standard InChI is InChI=1S/C18H14ClFN4O3S2/c19-14-9-22-18(28-10-11-3-1-2-4-15(11)20)24-16(14)17(25)23-12-5-7-13(8-6-12)29(21,26)27/h1-9H,10H2,(H,23,25)(H2,21,26,27). The Balaban J connectivity index is 1.73. The van der Waals surface area contributed by atoms with Gasteiger partial charge in [0, 0.05) is 11.4 Å². The molecule has 0 atom stereocenters. The van der Waals surface area contributed by atoms with E-state index < -0.39 is 15.9 Å². The van der Waals surface area contributed by atoms with Crippen molar-refractivity contribution in [2.45, 2.75) is 15.8 Å². The summed E-state index contributed by atoms with van der Waals surface area (Å²) in [6, 6.07) is 11.6. The lowest BCUT2D eigenvalue weighted by Gasteiger charge is -2.08. The molecule has 0 unspecified atom stereocenters. The van der Waals surface area contributed by atoms with Crippen molar-refractivity contribution in [1.29, 1.82) is 0 Å². The molecule has 2 aromatic carbocycles. The van der Waals surface area contributed by atoms with Crippen LogP contribution in [0.5, 0.6) is 0 Å². The molecule has 0 fully saturated rings. The molecule has 1 amide bonds. The van der Waals surface area contributed by atoms with Gasteiger partial charge in [0.05, 0.1) is 16.1 Å². The minimum absolute atomic E-state index is 0.0406. The maximum absolute atomic E-state index is 13.7. The number of nitrogens with zero attached hydrogens (tertiary/aromatic N) is 2. The number of sulfonamides is 1. The Bertz CT molecular complexity index is 1160. The van der Waals surface area contributed by atoms with Crippen LogP contribution in [0.4, 0.5) is 10.1 Å².